The Bertz CT molecular complexity index is 955. The predicted molar refractivity (Wildman–Crippen MR) is 100 cm³/mol. The third-order valence-corrected chi connectivity index (χ3v) is 5.42. The van der Waals surface area contributed by atoms with Gasteiger partial charge < -0.3 is 15.0 Å². The third-order valence-electron chi connectivity index (χ3n) is 4.35. The Kier molecular flexibility index (Phi) is 4.89. The molecule has 140 valence electrons. The van der Waals surface area contributed by atoms with E-state index >= 15 is 0 Å². The molecule has 0 radical (unpaired) electrons. The van der Waals surface area contributed by atoms with Gasteiger partial charge in [-0.1, -0.05) is 11.3 Å². The number of nitrogens with one attached hydrogen (secondary N) is 1. The molecule has 1 aliphatic rings. The molecule has 1 aliphatic heterocycles. The fraction of sp³-hybridized carbons (Fsp3) is 0.263. The third kappa shape index (κ3) is 4.00. The van der Waals surface area contributed by atoms with Gasteiger partial charge in [-0.3, -0.25) is 4.79 Å². The highest BCUT2D eigenvalue weighted by Crippen LogP contribution is 2.33. The zero-order valence-electron chi connectivity index (χ0n) is 14.3. The molecule has 27 heavy (non-hydrogen) atoms. The van der Waals surface area contributed by atoms with Crippen molar-refractivity contribution in [2.75, 3.05) is 31.1 Å². The van der Waals surface area contributed by atoms with Crippen LogP contribution in [0.5, 0.6) is 5.75 Å². The zero-order chi connectivity index (χ0) is 18.8. The number of carbonyl (C=O) groups excluding carboxylic acids is 1. The fourth-order valence-electron chi connectivity index (χ4n) is 2.84. The molecule has 1 amide bonds. The molecule has 0 saturated carbocycles. The quantitative estimate of drug-likeness (QED) is 0.658. The molecule has 0 aliphatic carbocycles. The van der Waals surface area contributed by atoms with Crippen molar-refractivity contribution in [1.29, 1.82) is 0 Å². The van der Waals surface area contributed by atoms with E-state index in [0.717, 1.165) is 15.3 Å². The molecular weight excluding hydrogens is 372 g/mol. The van der Waals surface area contributed by atoms with Crippen molar-refractivity contribution in [3.05, 3.63) is 54.1 Å². The summed E-state index contributed by atoms with van der Waals surface area (Å²) in [7, 11) is 0. The first kappa shape index (κ1) is 17.7. The lowest BCUT2D eigenvalue weighted by Gasteiger charge is -2.37. The number of ether oxygens (including phenoxy) is 1. The normalized spacial score (nSPS) is 14.2. The van der Waals surface area contributed by atoms with Crippen molar-refractivity contribution in [1.82, 2.24) is 10.3 Å². The molecule has 0 atom stereocenters. The first-order chi connectivity index (χ1) is 13.1. The summed E-state index contributed by atoms with van der Waals surface area (Å²) in [5.41, 5.74) is 0.766. The fourth-order valence-corrected chi connectivity index (χ4v) is 3.85. The molecule has 2 aromatic carbocycles. The lowest BCUT2D eigenvalue weighted by Crippen LogP contribution is -2.54. The number of nitrogens with zero attached hydrogens (tertiary/aromatic N) is 2. The van der Waals surface area contributed by atoms with Crippen LogP contribution < -0.4 is 15.0 Å². The Hall–Kier alpha value is -2.74. The van der Waals surface area contributed by atoms with Crippen LogP contribution in [0.15, 0.2) is 42.5 Å². The number of thiazole rings is 1. The Balaban J connectivity index is 1.21. The van der Waals surface area contributed by atoms with Gasteiger partial charge in [-0.05, 0) is 42.5 Å². The number of anilines is 1. The largest absolute Gasteiger partial charge is 0.492 e. The van der Waals surface area contributed by atoms with E-state index in [2.05, 4.69) is 10.3 Å². The van der Waals surface area contributed by atoms with E-state index in [4.69, 9.17) is 4.74 Å². The number of benzene rings is 2. The van der Waals surface area contributed by atoms with Crippen molar-refractivity contribution < 1.29 is 18.3 Å². The van der Waals surface area contributed by atoms with Crippen LogP contribution in [0.25, 0.3) is 10.2 Å². The molecule has 0 spiro atoms. The highest BCUT2D eigenvalue weighted by Gasteiger charge is 2.34. The summed E-state index contributed by atoms with van der Waals surface area (Å²) >= 11 is 1.43. The minimum atomic E-state index is -0.316. The van der Waals surface area contributed by atoms with Gasteiger partial charge in [0.25, 0.3) is 0 Å². The first-order valence-corrected chi connectivity index (χ1v) is 9.37. The maximum atomic E-state index is 13.3. The van der Waals surface area contributed by atoms with E-state index < -0.39 is 0 Å². The SMILES string of the molecule is O=C(NCCOc1ccc(F)cc1)C1CN(c2nc3ccc(F)cc3s2)C1. The minimum absolute atomic E-state index is 0.0267. The van der Waals surface area contributed by atoms with E-state index in [1.54, 1.807) is 18.2 Å². The van der Waals surface area contributed by atoms with Crippen LogP contribution in [-0.2, 0) is 4.79 Å². The Labute approximate surface area is 158 Å². The van der Waals surface area contributed by atoms with Gasteiger partial charge in [0, 0.05) is 13.1 Å². The molecular formula is C19H17F2N3O2S. The molecule has 2 heterocycles. The van der Waals surface area contributed by atoms with Crippen LogP contribution in [0.2, 0.25) is 0 Å². The van der Waals surface area contributed by atoms with Gasteiger partial charge in [0.1, 0.15) is 24.0 Å². The molecule has 0 bridgehead atoms. The Morgan fingerprint density at radius 2 is 1.93 bits per heavy atom. The van der Waals surface area contributed by atoms with E-state index in [1.165, 1.54) is 35.6 Å². The highest BCUT2D eigenvalue weighted by atomic mass is 32.1. The minimum Gasteiger partial charge on any atom is -0.492 e. The van der Waals surface area contributed by atoms with Gasteiger partial charge in [0.15, 0.2) is 5.13 Å². The van der Waals surface area contributed by atoms with Crippen molar-refractivity contribution in [3.8, 4) is 5.75 Å². The summed E-state index contributed by atoms with van der Waals surface area (Å²) in [6.45, 7) is 1.88. The number of fused-ring (bicyclic) bond motifs is 1. The molecule has 8 heteroatoms. The molecule has 4 rings (SSSR count). The summed E-state index contributed by atoms with van der Waals surface area (Å²) in [5.74, 6) is -0.154. The van der Waals surface area contributed by atoms with Gasteiger partial charge in [-0.15, -0.1) is 0 Å². The molecule has 1 saturated heterocycles. The van der Waals surface area contributed by atoms with Crippen LogP contribution in [0, 0.1) is 17.6 Å². The number of hydrogen-bond donors (Lipinski definition) is 1. The number of amides is 1. The summed E-state index contributed by atoms with van der Waals surface area (Å²) in [6, 6.07) is 10.3. The van der Waals surface area contributed by atoms with Crippen LogP contribution in [0.4, 0.5) is 13.9 Å². The monoisotopic (exact) mass is 389 g/mol. The number of hydrogen-bond acceptors (Lipinski definition) is 5. The highest BCUT2D eigenvalue weighted by molar-refractivity contribution is 7.22. The van der Waals surface area contributed by atoms with Crippen LogP contribution in [0.1, 0.15) is 0 Å². The molecule has 0 unspecified atom stereocenters. The van der Waals surface area contributed by atoms with E-state index in [9.17, 15) is 13.6 Å². The lowest BCUT2D eigenvalue weighted by molar-refractivity contribution is -0.125. The van der Waals surface area contributed by atoms with E-state index in [-0.39, 0.29) is 23.5 Å². The Morgan fingerprint density at radius 1 is 1.19 bits per heavy atom. The van der Waals surface area contributed by atoms with Crippen molar-refractivity contribution >= 4 is 32.6 Å². The zero-order valence-corrected chi connectivity index (χ0v) is 15.1. The van der Waals surface area contributed by atoms with E-state index in [1.807, 2.05) is 4.90 Å². The maximum absolute atomic E-state index is 13.3. The van der Waals surface area contributed by atoms with E-state index in [0.29, 0.717) is 32.0 Å². The van der Waals surface area contributed by atoms with Gasteiger partial charge in [0.2, 0.25) is 5.91 Å². The standard InChI is InChI=1S/C19H17F2N3O2S/c20-13-1-4-15(5-2-13)26-8-7-22-18(25)12-10-24(11-12)19-23-16-6-3-14(21)9-17(16)27-19/h1-6,9,12H,7-8,10-11H2,(H,22,25). The smallest absolute Gasteiger partial charge is 0.226 e. The molecule has 1 aromatic heterocycles. The second-order valence-corrected chi connectivity index (χ2v) is 7.31. The average Bonchev–Trinajstić information content (AvgIpc) is 3.01. The summed E-state index contributed by atoms with van der Waals surface area (Å²) < 4.78 is 32.3. The van der Waals surface area contributed by atoms with Gasteiger partial charge in [-0.2, -0.15) is 0 Å². The number of carbonyl (C=O) groups is 1. The van der Waals surface area contributed by atoms with Crippen LogP contribution in [0.3, 0.4) is 0 Å². The topological polar surface area (TPSA) is 54.5 Å². The van der Waals surface area contributed by atoms with Gasteiger partial charge in [-0.25, -0.2) is 13.8 Å². The lowest BCUT2D eigenvalue weighted by atomic mass is 10.0. The molecule has 1 N–H and O–H groups in total. The number of rotatable bonds is 6. The van der Waals surface area contributed by atoms with Crippen LogP contribution in [-0.4, -0.2) is 37.1 Å². The predicted octanol–water partition coefficient (Wildman–Crippen LogP) is 3.21. The summed E-state index contributed by atoms with van der Waals surface area (Å²) in [5, 5.41) is 3.65. The number of halogens is 2. The van der Waals surface area contributed by atoms with Crippen molar-refractivity contribution in [2.45, 2.75) is 0 Å². The summed E-state index contributed by atoms with van der Waals surface area (Å²) in [4.78, 5) is 18.7. The van der Waals surface area contributed by atoms with Gasteiger partial charge >= 0.3 is 0 Å². The van der Waals surface area contributed by atoms with Crippen molar-refractivity contribution in [2.24, 2.45) is 5.92 Å². The average molecular weight is 389 g/mol. The first-order valence-electron chi connectivity index (χ1n) is 8.55. The number of aromatic nitrogens is 1. The maximum Gasteiger partial charge on any atom is 0.226 e. The van der Waals surface area contributed by atoms with Crippen molar-refractivity contribution in [3.63, 3.8) is 0 Å². The molecule has 1 fully saturated rings. The second kappa shape index (κ2) is 7.48. The summed E-state index contributed by atoms with van der Waals surface area (Å²) in [6.07, 6.45) is 0. The second-order valence-electron chi connectivity index (χ2n) is 6.30. The molecule has 3 aromatic rings. The van der Waals surface area contributed by atoms with Gasteiger partial charge in [0.05, 0.1) is 22.7 Å². The molecule has 5 nitrogen and oxygen atoms in total. The Morgan fingerprint density at radius 3 is 2.70 bits per heavy atom. The van der Waals surface area contributed by atoms with Crippen LogP contribution >= 0.6 is 11.3 Å².